The van der Waals surface area contributed by atoms with E-state index >= 15 is 0 Å². The zero-order chi connectivity index (χ0) is 18.7. The third-order valence-electron chi connectivity index (χ3n) is 3.85. The van der Waals surface area contributed by atoms with Gasteiger partial charge in [-0.1, -0.05) is 5.16 Å². The molecule has 1 aliphatic rings. The Morgan fingerprint density at radius 1 is 1.31 bits per heavy atom. The Kier molecular flexibility index (Phi) is 5.07. The lowest BCUT2D eigenvalue weighted by atomic mass is 10.3. The fourth-order valence-corrected chi connectivity index (χ4v) is 2.58. The van der Waals surface area contributed by atoms with Gasteiger partial charge in [-0.15, -0.1) is 0 Å². The van der Waals surface area contributed by atoms with E-state index in [0.29, 0.717) is 37.8 Å². The van der Waals surface area contributed by atoms with Crippen LogP contribution >= 0.6 is 0 Å². The molecule has 140 valence electrons. The second-order valence-electron chi connectivity index (χ2n) is 5.87. The Bertz CT molecular complexity index is 771. The van der Waals surface area contributed by atoms with E-state index < -0.39 is 11.9 Å². The molecule has 1 saturated heterocycles. The summed E-state index contributed by atoms with van der Waals surface area (Å²) in [6, 6.07) is 2.45. The maximum atomic E-state index is 12.7. The van der Waals surface area contributed by atoms with E-state index in [9.17, 15) is 18.0 Å². The smallest absolute Gasteiger partial charge is 0.360 e. The number of rotatable bonds is 4. The third-order valence-corrected chi connectivity index (χ3v) is 3.85. The van der Waals surface area contributed by atoms with Gasteiger partial charge in [-0.2, -0.15) is 13.2 Å². The molecule has 2 aromatic rings. The number of aromatic nitrogens is 3. The van der Waals surface area contributed by atoms with Crippen molar-refractivity contribution in [2.24, 2.45) is 0 Å². The van der Waals surface area contributed by atoms with Gasteiger partial charge in [0.15, 0.2) is 5.82 Å². The van der Waals surface area contributed by atoms with Crippen LogP contribution in [0.3, 0.4) is 0 Å². The summed E-state index contributed by atoms with van der Waals surface area (Å²) >= 11 is 0. The molecule has 2 aromatic heterocycles. The Morgan fingerprint density at radius 2 is 2.04 bits per heavy atom. The minimum atomic E-state index is -4.50. The molecule has 0 bridgehead atoms. The molecule has 11 heteroatoms. The Morgan fingerprint density at radius 3 is 2.65 bits per heavy atom. The largest absolute Gasteiger partial charge is 0.433 e. The average molecular weight is 370 g/mol. The summed E-state index contributed by atoms with van der Waals surface area (Å²) in [7, 11) is 0. The summed E-state index contributed by atoms with van der Waals surface area (Å²) in [5.41, 5.74) is -0.966. The molecule has 1 amide bonds. The van der Waals surface area contributed by atoms with Gasteiger partial charge in [0.2, 0.25) is 11.9 Å². The fourth-order valence-electron chi connectivity index (χ4n) is 2.58. The van der Waals surface area contributed by atoms with Crippen LogP contribution in [-0.2, 0) is 11.0 Å². The molecule has 0 radical (unpaired) electrons. The summed E-state index contributed by atoms with van der Waals surface area (Å²) in [6.07, 6.45) is -3.40. The Balaban J connectivity index is 1.52. The van der Waals surface area contributed by atoms with Crippen molar-refractivity contribution in [1.82, 2.24) is 20.0 Å². The van der Waals surface area contributed by atoms with Crippen molar-refractivity contribution < 1.29 is 22.5 Å². The highest BCUT2D eigenvalue weighted by atomic mass is 19.4. The highest BCUT2D eigenvalue weighted by Gasteiger charge is 2.33. The maximum Gasteiger partial charge on any atom is 0.433 e. The van der Waals surface area contributed by atoms with Crippen molar-refractivity contribution in [2.45, 2.75) is 13.1 Å². The predicted molar refractivity (Wildman–Crippen MR) is 85.6 cm³/mol. The monoisotopic (exact) mass is 370 g/mol. The summed E-state index contributed by atoms with van der Waals surface area (Å²) in [4.78, 5) is 23.1. The highest BCUT2D eigenvalue weighted by molar-refractivity contribution is 5.91. The molecular weight excluding hydrogens is 353 g/mol. The number of anilines is 2. The molecule has 0 atom stereocenters. The quantitative estimate of drug-likeness (QED) is 0.874. The summed E-state index contributed by atoms with van der Waals surface area (Å²) < 4.78 is 43.1. The zero-order valence-electron chi connectivity index (χ0n) is 14.0. The molecular formula is C15H17F3N6O2. The van der Waals surface area contributed by atoms with Crippen molar-refractivity contribution in [3.05, 3.63) is 29.8 Å². The number of carbonyl (C=O) groups excluding carboxylic acids is 1. The van der Waals surface area contributed by atoms with Crippen LogP contribution in [0, 0.1) is 6.92 Å². The standard InChI is InChI=1S/C15H17F3N6O2/c1-10-8-12(22-26-10)21-13(25)9-23-4-6-24(7-5-23)14-19-3-2-11(20-14)15(16,17)18/h2-3,8H,4-7,9H2,1H3,(H,21,22,25). The van der Waals surface area contributed by atoms with Crippen LogP contribution in [0.15, 0.2) is 22.9 Å². The van der Waals surface area contributed by atoms with E-state index in [-0.39, 0.29) is 18.4 Å². The van der Waals surface area contributed by atoms with Gasteiger partial charge in [-0.05, 0) is 13.0 Å². The van der Waals surface area contributed by atoms with E-state index in [4.69, 9.17) is 4.52 Å². The van der Waals surface area contributed by atoms with E-state index in [0.717, 1.165) is 12.3 Å². The van der Waals surface area contributed by atoms with Gasteiger partial charge in [0.05, 0.1) is 6.54 Å². The van der Waals surface area contributed by atoms with Crippen LogP contribution in [-0.4, -0.2) is 58.7 Å². The number of alkyl halides is 3. The van der Waals surface area contributed by atoms with Crippen LogP contribution in [0.1, 0.15) is 11.5 Å². The molecule has 0 aromatic carbocycles. The van der Waals surface area contributed by atoms with E-state index in [2.05, 4.69) is 20.4 Å². The molecule has 1 fully saturated rings. The summed E-state index contributed by atoms with van der Waals surface area (Å²) in [5, 5.41) is 6.31. The lowest BCUT2D eigenvalue weighted by molar-refractivity contribution is -0.141. The second-order valence-corrected chi connectivity index (χ2v) is 5.87. The number of carbonyl (C=O) groups is 1. The van der Waals surface area contributed by atoms with Gasteiger partial charge >= 0.3 is 6.18 Å². The summed E-state index contributed by atoms with van der Waals surface area (Å²) in [6.45, 7) is 3.74. The van der Waals surface area contributed by atoms with Crippen molar-refractivity contribution in [3.8, 4) is 0 Å². The first-order chi connectivity index (χ1) is 12.3. The van der Waals surface area contributed by atoms with Gasteiger partial charge in [-0.25, -0.2) is 9.97 Å². The molecule has 1 N–H and O–H groups in total. The van der Waals surface area contributed by atoms with E-state index in [1.807, 2.05) is 4.90 Å². The van der Waals surface area contributed by atoms with Crippen molar-refractivity contribution in [1.29, 1.82) is 0 Å². The number of amides is 1. The Hall–Kier alpha value is -2.69. The zero-order valence-corrected chi connectivity index (χ0v) is 14.0. The number of nitrogens with zero attached hydrogens (tertiary/aromatic N) is 5. The number of piperazine rings is 1. The molecule has 0 aliphatic carbocycles. The lowest BCUT2D eigenvalue weighted by Gasteiger charge is -2.34. The highest BCUT2D eigenvalue weighted by Crippen LogP contribution is 2.28. The third kappa shape index (κ3) is 4.48. The first-order valence-electron chi connectivity index (χ1n) is 7.92. The Labute approximate surface area is 147 Å². The molecule has 0 saturated carbocycles. The van der Waals surface area contributed by atoms with Gasteiger partial charge in [0, 0.05) is 38.4 Å². The number of nitrogens with one attached hydrogen (secondary N) is 1. The van der Waals surface area contributed by atoms with Crippen LogP contribution in [0.4, 0.5) is 24.9 Å². The van der Waals surface area contributed by atoms with Crippen LogP contribution in [0.5, 0.6) is 0 Å². The first-order valence-corrected chi connectivity index (χ1v) is 7.92. The first kappa shape index (κ1) is 18.1. The summed E-state index contributed by atoms with van der Waals surface area (Å²) in [5.74, 6) is 0.752. The number of hydrogen-bond acceptors (Lipinski definition) is 7. The van der Waals surface area contributed by atoms with Gasteiger partial charge in [-0.3, -0.25) is 9.69 Å². The van der Waals surface area contributed by atoms with Crippen LogP contribution in [0.2, 0.25) is 0 Å². The topological polar surface area (TPSA) is 87.4 Å². The average Bonchev–Trinajstić information content (AvgIpc) is 2.99. The molecule has 8 nitrogen and oxygen atoms in total. The molecule has 3 heterocycles. The van der Waals surface area contributed by atoms with Gasteiger partial charge < -0.3 is 14.7 Å². The minimum absolute atomic E-state index is 0.0435. The SMILES string of the molecule is Cc1cc(NC(=O)CN2CCN(c3nccc(C(F)(F)F)n3)CC2)no1. The van der Waals surface area contributed by atoms with Crippen molar-refractivity contribution in [2.75, 3.05) is 42.9 Å². The number of halogens is 3. The van der Waals surface area contributed by atoms with Crippen molar-refractivity contribution in [3.63, 3.8) is 0 Å². The van der Waals surface area contributed by atoms with Crippen LogP contribution < -0.4 is 10.2 Å². The molecule has 0 unspecified atom stereocenters. The molecule has 3 rings (SSSR count). The predicted octanol–water partition coefficient (Wildman–Crippen LogP) is 1.55. The van der Waals surface area contributed by atoms with Crippen LogP contribution in [0.25, 0.3) is 0 Å². The number of aryl methyl sites for hydroxylation is 1. The fraction of sp³-hybridized carbons (Fsp3) is 0.467. The van der Waals surface area contributed by atoms with Gasteiger partial charge in [0.25, 0.3) is 0 Å². The lowest BCUT2D eigenvalue weighted by Crippen LogP contribution is -2.49. The van der Waals surface area contributed by atoms with Gasteiger partial charge in [0.1, 0.15) is 11.5 Å². The molecule has 0 spiro atoms. The van der Waals surface area contributed by atoms with E-state index in [1.54, 1.807) is 17.9 Å². The van der Waals surface area contributed by atoms with E-state index in [1.165, 1.54) is 0 Å². The molecule has 1 aliphatic heterocycles. The minimum Gasteiger partial charge on any atom is -0.360 e. The van der Waals surface area contributed by atoms with Crippen molar-refractivity contribution >= 4 is 17.7 Å². The number of hydrogen-bond donors (Lipinski definition) is 1. The maximum absolute atomic E-state index is 12.7. The second kappa shape index (κ2) is 7.28. The normalized spacial score (nSPS) is 15.9. The molecule has 26 heavy (non-hydrogen) atoms.